The number of furan rings is 1. The van der Waals surface area contributed by atoms with Gasteiger partial charge in [-0.05, 0) is 222 Å². The lowest BCUT2D eigenvalue weighted by atomic mass is 9.62. The molecule has 0 N–H and O–H groups in total. The van der Waals surface area contributed by atoms with E-state index in [9.17, 15) is 0 Å². The zero-order chi connectivity index (χ0) is 81.4. The van der Waals surface area contributed by atoms with Crippen molar-refractivity contribution in [1.29, 1.82) is 0 Å². The summed E-state index contributed by atoms with van der Waals surface area (Å²) in [5.74, 6) is 0. The van der Waals surface area contributed by atoms with E-state index >= 15 is 0 Å². The summed E-state index contributed by atoms with van der Waals surface area (Å²) in [6.07, 6.45) is 29.2. The number of hydrogen-bond acceptors (Lipinski definition) is 2. The molecule has 2 heteroatoms. The third-order valence-corrected chi connectivity index (χ3v) is 28.8. The molecule has 600 valence electrons. The standard InChI is InChI=1S/C118H117NO/c1-7-11-15-19-46-74-115(75-47-20-16-12-8-2)99-65-43-40-63-94(99)109-110-96-64-42-45-67-106(96)120-114(110)111-95-72-70-89(78-101(95)116(113(111)112(109)115,76-48-21-17-13-9-3)77-49-22-18-14-10-4)119(105-66-44-41-62-92(105)84-51-28-23-29-52-84)90-69-71-93-97-80-104-98(81-103(97)118(102(93)79-90,87-57-34-26-35-58-87)88-59-36-27-37-60-88)108-100(73-68-83(6)107(108)91-61-39-38-50-82(91)5)117(104,85-53-30-24-31-54-85)86-55-32-25-33-56-86/h23-45,50-73,78-81H,7-22,46-49,74-77H2,1-6H3. The Balaban J connectivity index is 0.905. The van der Waals surface area contributed by atoms with Gasteiger partial charge in [-0.15, -0.1) is 0 Å². The van der Waals surface area contributed by atoms with Crippen LogP contribution in [0, 0.1) is 13.8 Å². The van der Waals surface area contributed by atoms with Crippen molar-refractivity contribution in [3.8, 4) is 66.8 Å². The zero-order valence-electron chi connectivity index (χ0n) is 71.8. The van der Waals surface area contributed by atoms with Gasteiger partial charge in [0.05, 0.1) is 16.5 Å². The number of aryl methyl sites for hydroxylation is 2. The van der Waals surface area contributed by atoms with E-state index in [0.29, 0.717) is 0 Å². The van der Waals surface area contributed by atoms with Crippen LogP contribution >= 0.6 is 0 Å². The van der Waals surface area contributed by atoms with E-state index in [0.717, 1.165) is 61.1 Å². The van der Waals surface area contributed by atoms with Crippen molar-refractivity contribution >= 4 is 39.0 Å². The number of rotatable bonds is 33. The van der Waals surface area contributed by atoms with Crippen LogP contribution in [-0.2, 0) is 21.7 Å². The molecule has 0 amide bonds. The van der Waals surface area contributed by atoms with Gasteiger partial charge >= 0.3 is 0 Å². The number of nitrogens with zero attached hydrogens (tertiary/aromatic N) is 1. The lowest BCUT2D eigenvalue weighted by Gasteiger charge is -2.40. The van der Waals surface area contributed by atoms with Gasteiger partial charge in [0.15, 0.2) is 0 Å². The first-order chi connectivity index (χ1) is 59.2. The molecule has 15 aromatic rings. The van der Waals surface area contributed by atoms with Gasteiger partial charge in [-0.2, -0.15) is 0 Å². The Kier molecular flexibility index (Phi) is 22.1. The second-order valence-corrected chi connectivity index (χ2v) is 35.7. The molecular formula is C118H117NO. The summed E-state index contributed by atoms with van der Waals surface area (Å²) in [6.45, 7) is 14.1. The van der Waals surface area contributed by atoms with Crippen molar-refractivity contribution in [2.45, 2.75) is 217 Å². The van der Waals surface area contributed by atoms with Crippen molar-refractivity contribution in [1.82, 2.24) is 0 Å². The summed E-state index contributed by atoms with van der Waals surface area (Å²) in [6, 6.07) is 121. The first kappa shape index (κ1) is 78.5. The molecule has 0 spiro atoms. The van der Waals surface area contributed by atoms with Crippen LogP contribution in [0.5, 0.6) is 0 Å². The maximum atomic E-state index is 7.79. The highest BCUT2D eigenvalue weighted by Crippen LogP contribution is 2.70. The van der Waals surface area contributed by atoms with Crippen LogP contribution in [0.3, 0.4) is 0 Å². The largest absolute Gasteiger partial charge is 0.455 e. The van der Waals surface area contributed by atoms with Gasteiger partial charge in [0, 0.05) is 44.1 Å². The van der Waals surface area contributed by atoms with Gasteiger partial charge in [-0.3, -0.25) is 0 Å². The fourth-order valence-corrected chi connectivity index (χ4v) is 23.5. The Morgan fingerprint density at radius 3 is 1.24 bits per heavy atom. The van der Waals surface area contributed by atoms with Crippen molar-refractivity contribution in [3.05, 3.63) is 387 Å². The molecule has 0 saturated heterocycles. The minimum absolute atomic E-state index is 0.190. The minimum Gasteiger partial charge on any atom is -0.455 e. The lowest BCUT2D eigenvalue weighted by Crippen LogP contribution is -2.33. The molecular weight excluding hydrogens is 1450 g/mol. The Morgan fingerprint density at radius 2 is 0.683 bits per heavy atom. The predicted octanol–water partition coefficient (Wildman–Crippen LogP) is 33.7. The van der Waals surface area contributed by atoms with Gasteiger partial charge in [0.2, 0.25) is 0 Å². The molecule has 2 nitrogen and oxygen atoms in total. The molecule has 4 aliphatic rings. The molecule has 0 bridgehead atoms. The zero-order valence-corrected chi connectivity index (χ0v) is 71.8. The van der Waals surface area contributed by atoms with E-state index in [2.05, 4.69) is 356 Å². The molecule has 0 aliphatic heterocycles. The Morgan fingerprint density at radius 1 is 0.267 bits per heavy atom. The smallest absolute Gasteiger partial charge is 0.144 e. The maximum absolute atomic E-state index is 7.79. The van der Waals surface area contributed by atoms with Crippen LogP contribution in [0.25, 0.3) is 88.7 Å². The summed E-state index contributed by atoms with van der Waals surface area (Å²) < 4.78 is 7.79. The van der Waals surface area contributed by atoms with Crippen LogP contribution in [0.4, 0.5) is 17.1 Å². The fourth-order valence-electron chi connectivity index (χ4n) is 23.5. The molecule has 0 unspecified atom stereocenters. The van der Waals surface area contributed by atoms with Crippen molar-refractivity contribution in [2.75, 3.05) is 4.90 Å². The third-order valence-electron chi connectivity index (χ3n) is 28.8. The molecule has 1 aromatic heterocycles. The first-order valence-corrected chi connectivity index (χ1v) is 46.2. The number of benzene rings is 14. The normalized spacial score (nSPS) is 14.3. The van der Waals surface area contributed by atoms with Crippen LogP contribution in [0.15, 0.2) is 314 Å². The molecule has 0 radical (unpaired) electrons. The summed E-state index contributed by atoms with van der Waals surface area (Å²) >= 11 is 0. The number of hydrogen-bond donors (Lipinski definition) is 0. The van der Waals surface area contributed by atoms with Crippen LogP contribution in [0.2, 0.25) is 0 Å². The van der Waals surface area contributed by atoms with E-state index in [4.69, 9.17) is 4.42 Å². The summed E-state index contributed by atoms with van der Waals surface area (Å²) in [5, 5.41) is 2.56. The number of unbranched alkanes of at least 4 members (excludes halogenated alkanes) is 16. The average Bonchev–Trinajstić information content (AvgIpc) is 1.51. The molecule has 14 aromatic carbocycles. The molecule has 19 rings (SSSR count). The summed E-state index contributed by atoms with van der Waals surface area (Å²) in [7, 11) is 0. The SMILES string of the molecule is CCCCCCCC1(CCCCCCC)c2cc(N(c3ccc4c(c3)C(c3ccccc3)(c3ccccc3)c3cc5c(cc3-4)C(c3ccccc3)(c3ccccc3)c3ccc(C)c(-c4ccccc4C)c3-5)c3ccccc3-c3ccccc3)ccc2-c2c1c1c(c3c2oc2ccccc23)-c2ccccc2C1(CCCCCCC)CCCCCCC. The Bertz CT molecular complexity index is 6090. The Labute approximate surface area is 714 Å². The quantitative estimate of drug-likeness (QED) is 0.0381. The van der Waals surface area contributed by atoms with Gasteiger partial charge in [0.1, 0.15) is 11.2 Å². The van der Waals surface area contributed by atoms with E-state index in [1.54, 1.807) is 16.7 Å². The van der Waals surface area contributed by atoms with Gasteiger partial charge < -0.3 is 9.32 Å². The molecule has 0 fully saturated rings. The second kappa shape index (κ2) is 33.7. The van der Waals surface area contributed by atoms with Gasteiger partial charge in [0.25, 0.3) is 0 Å². The van der Waals surface area contributed by atoms with Gasteiger partial charge in [-0.25, -0.2) is 0 Å². The highest BCUT2D eigenvalue weighted by atomic mass is 16.3. The highest BCUT2D eigenvalue weighted by molar-refractivity contribution is 6.21. The van der Waals surface area contributed by atoms with Crippen molar-refractivity contribution in [2.24, 2.45) is 0 Å². The van der Waals surface area contributed by atoms with Crippen molar-refractivity contribution in [3.63, 3.8) is 0 Å². The molecule has 0 saturated carbocycles. The topological polar surface area (TPSA) is 16.4 Å². The highest BCUT2D eigenvalue weighted by Gasteiger charge is 2.56. The van der Waals surface area contributed by atoms with E-state index in [1.807, 2.05) is 0 Å². The minimum atomic E-state index is -0.793. The third kappa shape index (κ3) is 12.9. The number of anilines is 3. The first-order valence-electron chi connectivity index (χ1n) is 46.2. The number of para-hydroxylation sites is 2. The Hall–Kier alpha value is -11.3. The molecule has 1 heterocycles. The predicted molar refractivity (Wildman–Crippen MR) is 509 cm³/mol. The van der Waals surface area contributed by atoms with Crippen LogP contribution in [0.1, 0.15) is 260 Å². The number of fused-ring (bicyclic) bond motifs is 18. The summed E-state index contributed by atoms with van der Waals surface area (Å²) in [4.78, 5) is 2.71. The van der Waals surface area contributed by atoms with Gasteiger partial charge in [-0.1, -0.05) is 417 Å². The van der Waals surface area contributed by atoms with Crippen molar-refractivity contribution < 1.29 is 4.42 Å². The van der Waals surface area contributed by atoms with E-state index < -0.39 is 10.8 Å². The van der Waals surface area contributed by atoms with E-state index in [-0.39, 0.29) is 10.8 Å². The van der Waals surface area contributed by atoms with E-state index in [1.165, 1.54) is 260 Å². The molecule has 0 atom stereocenters. The molecule has 4 aliphatic carbocycles. The van der Waals surface area contributed by atoms with Crippen LogP contribution in [-0.4, -0.2) is 0 Å². The summed E-state index contributed by atoms with van der Waals surface area (Å²) in [5.41, 5.74) is 38.3. The lowest BCUT2D eigenvalue weighted by molar-refractivity contribution is 0.369. The van der Waals surface area contributed by atoms with Crippen LogP contribution < -0.4 is 4.90 Å². The maximum Gasteiger partial charge on any atom is 0.144 e. The molecule has 120 heavy (non-hydrogen) atoms. The fraction of sp³-hybridized carbons (Fsp3) is 0.288. The average molecular weight is 1570 g/mol. The monoisotopic (exact) mass is 1560 g/mol. The second-order valence-electron chi connectivity index (χ2n) is 35.7.